The fourth-order valence-electron chi connectivity index (χ4n) is 3.15. The molecule has 4 rings (SSSR count). The maximum atomic E-state index is 13.0. The Balaban J connectivity index is 1.47. The molecule has 0 N–H and O–H groups in total. The number of carbonyl (C=O) groups excluding carboxylic acids is 1. The molecule has 1 aromatic heterocycles. The van der Waals surface area contributed by atoms with Crippen molar-refractivity contribution in [2.75, 3.05) is 6.54 Å². The molecule has 0 saturated heterocycles. The molecule has 3 aromatic rings. The lowest BCUT2D eigenvalue weighted by Crippen LogP contribution is -2.37. The second-order valence-electron chi connectivity index (χ2n) is 6.48. The van der Waals surface area contributed by atoms with Crippen molar-refractivity contribution in [3.63, 3.8) is 0 Å². The first-order valence-corrected chi connectivity index (χ1v) is 9.82. The average molecular weight is 376 g/mol. The van der Waals surface area contributed by atoms with Gasteiger partial charge in [-0.15, -0.1) is 11.3 Å². The minimum Gasteiger partial charge on any atom is -0.390 e. The summed E-state index contributed by atoms with van der Waals surface area (Å²) >= 11 is 1.46. The minimum absolute atomic E-state index is 0.0330. The van der Waals surface area contributed by atoms with E-state index in [1.165, 1.54) is 11.3 Å². The van der Waals surface area contributed by atoms with E-state index in [1.807, 2.05) is 83.1 Å². The summed E-state index contributed by atoms with van der Waals surface area (Å²) in [6.07, 6.45) is 0.570. The van der Waals surface area contributed by atoms with E-state index in [1.54, 1.807) is 0 Å². The van der Waals surface area contributed by atoms with Gasteiger partial charge in [-0.3, -0.25) is 4.79 Å². The van der Waals surface area contributed by atoms with Crippen molar-refractivity contribution >= 4 is 23.0 Å². The first-order valence-electron chi connectivity index (χ1n) is 8.94. The number of carbonyl (C=O) groups is 1. The molecule has 0 spiro atoms. The van der Waals surface area contributed by atoms with Gasteiger partial charge in [-0.2, -0.15) is 0 Å². The molecule has 2 aromatic carbocycles. The molecule has 1 aliphatic heterocycles. The van der Waals surface area contributed by atoms with Crippen LogP contribution in [0.1, 0.15) is 27.2 Å². The summed E-state index contributed by atoms with van der Waals surface area (Å²) in [6, 6.07) is 23.8. The fraction of sp³-hybridized carbons (Fsp3) is 0.182. The zero-order valence-electron chi connectivity index (χ0n) is 14.8. The topological polar surface area (TPSA) is 41.9 Å². The number of nitrogens with zero attached hydrogens (tertiary/aromatic N) is 2. The molecule has 0 radical (unpaired) electrons. The van der Waals surface area contributed by atoms with Crippen LogP contribution < -0.4 is 0 Å². The van der Waals surface area contributed by atoms with Crippen LogP contribution in [0.5, 0.6) is 0 Å². The molecule has 4 nitrogen and oxygen atoms in total. The Morgan fingerprint density at radius 2 is 1.78 bits per heavy atom. The van der Waals surface area contributed by atoms with Gasteiger partial charge in [0.05, 0.1) is 17.1 Å². The predicted molar refractivity (Wildman–Crippen MR) is 108 cm³/mol. The summed E-state index contributed by atoms with van der Waals surface area (Å²) in [5.74, 6) is 0.0330. The second kappa shape index (κ2) is 8.18. The zero-order chi connectivity index (χ0) is 18.5. The molecule has 1 amide bonds. The highest BCUT2D eigenvalue weighted by Crippen LogP contribution is 2.21. The van der Waals surface area contributed by atoms with Crippen LogP contribution in [-0.4, -0.2) is 29.2 Å². The Morgan fingerprint density at radius 1 is 1.04 bits per heavy atom. The van der Waals surface area contributed by atoms with E-state index >= 15 is 0 Å². The number of rotatable bonds is 6. The first kappa shape index (κ1) is 17.5. The van der Waals surface area contributed by atoms with Crippen LogP contribution in [0.4, 0.5) is 0 Å². The van der Waals surface area contributed by atoms with Gasteiger partial charge in [0.15, 0.2) is 6.10 Å². The van der Waals surface area contributed by atoms with Crippen molar-refractivity contribution in [3.8, 4) is 0 Å². The van der Waals surface area contributed by atoms with E-state index in [9.17, 15) is 4.79 Å². The maximum Gasteiger partial charge on any atom is 0.264 e. The van der Waals surface area contributed by atoms with Crippen molar-refractivity contribution in [1.82, 2.24) is 4.90 Å². The largest absolute Gasteiger partial charge is 0.390 e. The summed E-state index contributed by atoms with van der Waals surface area (Å²) in [4.78, 5) is 21.2. The highest BCUT2D eigenvalue weighted by molar-refractivity contribution is 7.12. The molecule has 0 bridgehead atoms. The average Bonchev–Trinajstić information content (AvgIpc) is 3.41. The van der Waals surface area contributed by atoms with Gasteiger partial charge in [-0.25, -0.2) is 0 Å². The van der Waals surface area contributed by atoms with Gasteiger partial charge in [0.25, 0.3) is 5.91 Å². The lowest BCUT2D eigenvalue weighted by molar-refractivity contribution is 0.0408. The van der Waals surface area contributed by atoms with Crippen molar-refractivity contribution in [2.24, 2.45) is 5.16 Å². The summed E-state index contributed by atoms with van der Waals surface area (Å²) < 4.78 is 0. The molecule has 136 valence electrons. The molecule has 0 saturated carbocycles. The van der Waals surface area contributed by atoms with Gasteiger partial charge in [0.2, 0.25) is 0 Å². The SMILES string of the molecule is O=C(c1cccs1)N(Cc1ccccc1)CC1CC(c2ccccc2)=NO1. The molecular formula is C22H20N2O2S. The number of thiophene rings is 1. The van der Waals surface area contributed by atoms with Gasteiger partial charge < -0.3 is 9.74 Å². The Morgan fingerprint density at radius 3 is 2.48 bits per heavy atom. The Labute approximate surface area is 162 Å². The standard InChI is InChI=1S/C22H20N2O2S/c25-22(21-12-7-13-27-21)24(15-17-8-3-1-4-9-17)16-19-14-20(23-26-19)18-10-5-2-6-11-18/h1-13,19H,14-16H2. The van der Waals surface area contributed by atoms with Crippen molar-refractivity contribution in [2.45, 2.75) is 19.1 Å². The molecule has 0 fully saturated rings. The summed E-state index contributed by atoms with van der Waals surface area (Å²) in [6.45, 7) is 1.06. The summed E-state index contributed by atoms with van der Waals surface area (Å²) in [7, 11) is 0. The van der Waals surface area contributed by atoms with Crippen LogP contribution in [0.15, 0.2) is 83.3 Å². The number of hydrogen-bond donors (Lipinski definition) is 0. The van der Waals surface area contributed by atoms with Gasteiger partial charge in [-0.1, -0.05) is 71.9 Å². The highest BCUT2D eigenvalue weighted by Gasteiger charge is 2.27. The van der Waals surface area contributed by atoms with Crippen LogP contribution in [0.25, 0.3) is 0 Å². The van der Waals surface area contributed by atoms with Gasteiger partial charge >= 0.3 is 0 Å². The summed E-state index contributed by atoms with van der Waals surface area (Å²) in [5.41, 5.74) is 3.10. The van der Waals surface area contributed by atoms with Crippen LogP contribution in [0.2, 0.25) is 0 Å². The molecule has 1 aliphatic rings. The third-order valence-corrected chi connectivity index (χ3v) is 5.36. The fourth-order valence-corrected chi connectivity index (χ4v) is 3.84. The molecule has 2 heterocycles. The number of amides is 1. The first-order chi connectivity index (χ1) is 13.3. The van der Waals surface area contributed by atoms with Gasteiger partial charge in [-0.05, 0) is 22.6 Å². The zero-order valence-corrected chi connectivity index (χ0v) is 15.6. The third-order valence-electron chi connectivity index (χ3n) is 4.50. The normalized spacial score (nSPS) is 15.9. The summed E-state index contributed by atoms with van der Waals surface area (Å²) in [5, 5.41) is 6.18. The van der Waals surface area contributed by atoms with E-state index < -0.39 is 0 Å². The van der Waals surface area contributed by atoms with Crippen LogP contribution in [0.3, 0.4) is 0 Å². The number of benzene rings is 2. The Kier molecular flexibility index (Phi) is 5.30. The van der Waals surface area contributed by atoms with E-state index in [2.05, 4.69) is 5.16 Å². The Bertz CT molecular complexity index is 908. The van der Waals surface area contributed by atoms with Crippen molar-refractivity contribution in [1.29, 1.82) is 0 Å². The number of oxime groups is 1. The van der Waals surface area contributed by atoms with E-state index in [0.29, 0.717) is 19.5 Å². The van der Waals surface area contributed by atoms with E-state index in [4.69, 9.17) is 4.84 Å². The monoisotopic (exact) mass is 376 g/mol. The van der Waals surface area contributed by atoms with Crippen LogP contribution in [-0.2, 0) is 11.4 Å². The van der Waals surface area contributed by atoms with E-state index in [0.717, 1.165) is 21.7 Å². The van der Waals surface area contributed by atoms with Crippen LogP contribution in [0, 0.1) is 0 Å². The lowest BCUT2D eigenvalue weighted by atomic mass is 10.0. The molecule has 1 atom stereocenters. The third kappa shape index (κ3) is 4.26. The van der Waals surface area contributed by atoms with Crippen molar-refractivity contribution < 1.29 is 9.63 Å². The lowest BCUT2D eigenvalue weighted by Gasteiger charge is -2.24. The molecule has 27 heavy (non-hydrogen) atoms. The highest BCUT2D eigenvalue weighted by atomic mass is 32.1. The van der Waals surface area contributed by atoms with Gasteiger partial charge in [0.1, 0.15) is 0 Å². The van der Waals surface area contributed by atoms with E-state index in [-0.39, 0.29) is 12.0 Å². The quantitative estimate of drug-likeness (QED) is 0.632. The molecule has 0 aliphatic carbocycles. The van der Waals surface area contributed by atoms with Gasteiger partial charge in [0, 0.05) is 13.0 Å². The maximum absolute atomic E-state index is 13.0. The molecule has 5 heteroatoms. The molecule has 1 unspecified atom stereocenters. The minimum atomic E-state index is -0.132. The van der Waals surface area contributed by atoms with Crippen LogP contribution >= 0.6 is 11.3 Å². The predicted octanol–water partition coefficient (Wildman–Crippen LogP) is 4.58. The Hall–Kier alpha value is -2.92. The second-order valence-corrected chi connectivity index (χ2v) is 7.43. The smallest absolute Gasteiger partial charge is 0.264 e. The number of hydrogen-bond acceptors (Lipinski definition) is 4. The molecular weight excluding hydrogens is 356 g/mol. The van der Waals surface area contributed by atoms with Crippen molar-refractivity contribution in [3.05, 3.63) is 94.2 Å².